The summed E-state index contributed by atoms with van der Waals surface area (Å²) < 4.78 is 28.2. The fourth-order valence-corrected chi connectivity index (χ4v) is 5.08. The number of rotatable bonds is 7. The Hall–Kier alpha value is -3.17. The van der Waals surface area contributed by atoms with Crippen molar-refractivity contribution in [1.82, 2.24) is 9.88 Å². The molecule has 0 radical (unpaired) electrons. The second kappa shape index (κ2) is 9.36. The van der Waals surface area contributed by atoms with Crippen LogP contribution in [0.3, 0.4) is 0 Å². The summed E-state index contributed by atoms with van der Waals surface area (Å²) in [6, 6.07) is 13.1. The first kappa shape index (κ1) is 23.0. The predicted octanol–water partition coefficient (Wildman–Crippen LogP) is 3.44. The molecule has 8 nitrogen and oxygen atoms in total. The van der Waals surface area contributed by atoms with Crippen LogP contribution >= 0.6 is 0 Å². The number of aromatic nitrogens is 1. The monoisotopic (exact) mass is 468 g/mol. The number of carbonyl (C=O) groups is 1. The Kier molecular flexibility index (Phi) is 6.53. The second-order valence-electron chi connectivity index (χ2n) is 8.09. The molecule has 1 aliphatic heterocycles. The number of sulfonamides is 1. The molecule has 3 aromatic rings. The standard InChI is InChI=1S/C24H28N4O4S/c1-3-17-5-8-19(9-6-17)33(31,32)26-18-7-10-22-20(15-18)21(24(29)30)16-23(25-22)28-13-11-27(4-2)12-14-28/h5-10,15-16,26H,3-4,11-14H2,1-2H3,(H,29,30). The van der Waals surface area contributed by atoms with Gasteiger partial charge in [0.15, 0.2) is 0 Å². The zero-order valence-electron chi connectivity index (χ0n) is 18.8. The van der Waals surface area contributed by atoms with Crippen molar-refractivity contribution in [3.05, 3.63) is 59.7 Å². The molecule has 33 heavy (non-hydrogen) atoms. The number of carboxylic acids is 1. The van der Waals surface area contributed by atoms with Gasteiger partial charge in [0.25, 0.3) is 10.0 Å². The molecule has 0 spiro atoms. The second-order valence-corrected chi connectivity index (χ2v) is 9.77. The number of hydrogen-bond acceptors (Lipinski definition) is 6. The molecular formula is C24H28N4O4S. The lowest BCUT2D eigenvalue weighted by atomic mass is 10.1. The maximum Gasteiger partial charge on any atom is 0.336 e. The van der Waals surface area contributed by atoms with Gasteiger partial charge in [-0.2, -0.15) is 0 Å². The number of aromatic carboxylic acids is 1. The van der Waals surface area contributed by atoms with Crippen molar-refractivity contribution in [3.63, 3.8) is 0 Å². The lowest BCUT2D eigenvalue weighted by molar-refractivity contribution is 0.0699. The molecule has 4 rings (SSSR count). The Morgan fingerprint density at radius 2 is 1.73 bits per heavy atom. The zero-order valence-corrected chi connectivity index (χ0v) is 19.6. The molecule has 1 saturated heterocycles. The van der Waals surface area contributed by atoms with Gasteiger partial charge < -0.3 is 14.9 Å². The number of aryl methyl sites for hydroxylation is 1. The number of nitrogens with one attached hydrogen (secondary N) is 1. The van der Waals surface area contributed by atoms with E-state index < -0.39 is 16.0 Å². The van der Waals surface area contributed by atoms with E-state index in [9.17, 15) is 18.3 Å². The Morgan fingerprint density at radius 3 is 2.33 bits per heavy atom. The van der Waals surface area contributed by atoms with Crippen LogP contribution in [0.25, 0.3) is 10.9 Å². The van der Waals surface area contributed by atoms with Gasteiger partial charge in [-0.05, 0) is 54.9 Å². The van der Waals surface area contributed by atoms with Crippen molar-refractivity contribution < 1.29 is 18.3 Å². The zero-order chi connectivity index (χ0) is 23.6. The number of fused-ring (bicyclic) bond motifs is 1. The van der Waals surface area contributed by atoms with Gasteiger partial charge in [0.2, 0.25) is 0 Å². The highest BCUT2D eigenvalue weighted by Gasteiger charge is 2.21. The summed E-state index contributed by atoms with van der Waals surface area (Å²) in [5, 5.41) is 10.2. The average Bonchev–Trinajstić information content (AvgIpc) is 2.83. The van der Waals surface area contributed by atoms with Crippen molar-refractivity contribution in [3.8, 4) is 0 Å². The quantitative estimate of drug-likeness (QED) is 0.548. The minimum absolute atomic E-state index is 0.0984. The molecule has 0 saturated carbocycles. The van der Waals surface area contributed by atoms with E-state index in [4.69, 9.17) is 0 Å². The van der Waals surface area contributed by atoms with Crippen LogP contribution in [0.15, 0.2) is 53.4 Å². The third-order valence-corrected chi connectivity index (χ3v) is 7.46. The molecule has 2 heterocycles. The number of pyridine rings is 1. The van der Waals surface area contributed by atoms with E-state index in [1.54, 1.807) is 42.5 Å². The van der Waals surface area contributed by atoms with E-state index in [1.807, 2.05) is 6.92 Å². The molecule has 0 atom stereocenters. The minimum Gasteiger partial charge on any atom is -0.478 e. The lowest BCUT2D eigenvalue weighted by Crippen LogP contribution is -2.46. The molecule has 1 aliphatic rings. The number of carboxylic acid groups (broad SMARTS) is 1. The number of benzene rings is 2. The maximum absolute atomic E-state index is 12.8. The van der Waals surface area contributed by atoms with Gasteiger partial charge in [-0.25, -0.2) is 18.2 Å². The van der Waals surface area contributed by atoms with E-state index >= 15 is 0 Å². The summed E-state index contributed by atoms with van der Waals surface area (Å²) in [5.74, 6) is -0.453. The first-order valence-electron chi connectivity index (χ1n) is 11.1. The maximum atomic E-state index is 12.8. The van der Waals surface area contributed by atoms with Crippen molar-refractivity contribution in [1.29, 1.82) is 0 Å². The molecule has 2 aromatic carbocycles. The van der Waals surface area contributed by atoms with Crippen LogP contribution in [-0.2, 0) is 16.4 Å². The Labute approximate surface area is 193 Å². The van der Waals surface area contributed by atoms with Crippen LogP contribution in [0, 0.1) is 0 Å². The van der Waals surface area contributed by atoms with Crippen LogP contribution in [-0.4, -0.2) is 62.1 Å². The van der Waals surface area contributed by atoms with Gasteiger partial charge in [0.05, 0.1) is 16.0 Å². The lowest BCUT2D eigenvalue weighted by Gasteiger charge is -2.35. The predicted molar refractivity (Wildman–Crippen MR) is 130 cm³/mol. The summed E-state index contributed by atoms with van der Waals surface area (Å²) in [6.07, 6.45) is 0.819. The number of likely N-dealkylation sites (N-methyl/N-ethyl adjacent to an activating group) is 1. The number of nitrogens with zero attached hydrogens (tertiary/aromatic N) is 3. The van der Waals surface area contributed by atoms with Crippen LogP contribution in [0.5, 0.6) is 0 Å². The molecule has 0 bridgehead atoms. The van der Waals surface area contributed by atoms with Gasteiger partial charge in [0.1, 0.15) is 5.82 Å². The third-order valence-electron chi connectivity index (χ3n) is 6.06. The first-order chi connectivity index (χ1) is 15.8. The smallest absolute Gasteiger partial charge is 0.336 e. The van der Waals surface area contributed by atoms with E-state index in [0.717, 1.165) is 44.7 Å². The van der Waals surface area contributed by atoms with Crippen LogP contribution in [0.2, 0.25) is 0 Å². The topological polar surface area (TPSA) is 103 Å². The highest BCUT2D eigenvalue weighted by Crippen LogP contribution is 2.28. The van der Waals surface area contributed by atoms with Crippen LogP contribution in [0.4, 0.5) is 11.5 Å². The molecule has 0 amide bonds. The fourth-order valence-electron chi connectivity index (χ4n) is 4.03. The molecule has 1 aromatic heterocycles. The Morgan fingerprint density at radius 1 is 1.03 bits per heavy atom. The average molecular weight is 469 g/mol. The van der Waals surface area contributed by atoms with E-state index in [0.29, 0.717) is 16.7 Å². The van der Waals surface area contributed by atoms with E-state index in [1.165, 1.54) is 6.07 Å². The molecule has 0 aliphatic carbocycles. The summed E-state index contributed by atoms with van der Waals surface area (Å²) in [4.78, 5) is 21.3. The van der Waals surface area contributed by atoms with E-state index in [-0.39, 0.29) is 16.1 Å². The van der Waals surface area contributed by atoms with E-state index in [2.05, 4.69) is 26.4 Å². The third kappa shape index (κ3) is 4.94. The minimum atomic E-state index is -3.80. The Bertz CT molecular complexity index is 1270. The summed E-state index contributed by atoms with van der Waals surface area (Å²) in [7, 11) is -3.80. The van der Waals surface area contributed by atoms with Gasteiger partial charge in [-0.1, -0.05) is 26.0 Å². The highest BCUT2D eigenvalue weighted by molar-refractivity contribution is 7.92. The SMILES string of the molecule is CCc1ccc(S(=O)(=O)Nc2ccc3nc(N4CCN(CC)CC4)cc(C(=O)O)c3c2)cc1. The largest absolute Gasteiger partial charge is 0.478 e. The summed E-state index contributed by atoms with van der Waals surface area (Å²) in [5.41, 5.74) is 1.94. The summed E-state index contributed by atoms with van der Waals surface area (Å²) >= 11 is 0. The van der Waals surface area contributed by atoms with Crippen LogP contribution < -0.4 is 9.62 Å². The van der Waals surface area contributed by atoms with Gasteiger partial charge in [0, 0.05) is 37.3 Å². The number of anilines is 2. The van der Waals surface area contributed by atoms with Gasteiger partial charge in [-0.15, -0.1) is 0 Å². The normalized spacial score (nSPS) is 15.0. The fraction of sp³-hybridized carbons (Fsp3) is 0.333. The van der Waals surface area contributed by atoms with Gasteiger partial charge in [-0.3, -0.25) is 4.72 Å². The molecular weight excluding hydrogens is 440 g/mol. The number of piperazine rings is 1. The van der Waals surface area contributed by atoms with Crippen molar-refractivity contribution in [2.45, 2.75) is 25.2 Å². The van der Waals surface area contributed by atoms with Crippen LogP contribution in [0.1, 0.15) is 29.8 Å². The highest BCUT2D eigenvalue weighted by atomic mass is 32.2. The van der Waals surface area contributed by atoms with Crippen molar-refractivity contribution in [2.75, 3.05) is 42.3 Å². The van der Waals surface area contributed by atoms with Crippen molar-refractivity contribution in [2.24, 2.45) is 0 Å². The molecule has 1 fully saturated rings. The molecule has 174 valence electrons. The van der Waals surface area contributed by atoms with Gasteiger partial charge >= 0.3 is 5.97 Å². The Balaban J connectivity index is 1.65. The first-order valence-corrected chi connectivity index (χ1v) is 12.6. The van der Waals surface area contributed by atoms with Crippen molar-refractivity contribution >= 4 is 38.4 Å². The molecule has 2 N–H and O–H groups in total. The summed E-state index contributed by atoms with van der Waals surface area (Å²) in [6.45, 7) is 8.47. The molecule has 9 heteroatoms. The number of hydrogen-bond donors (Lipinski definition) is 2. The molecule has 0 unspecified atom stereocenters.